The van der Waals surface area contributed by atoms with Gasteiger partial charge in [-0.05, 0) is 31.9 Å². The fourth-order valence-electron chi connectivity index (χ4n) is 3.55. The van der Waals surface area contributed by atoms with E-state index in [-0.39, 0.29) is 18.1 Å². The number of para-hydroxylation sites is 2. The number of urea groups is 1. The molecule has 0 radical (unpaired) electrons. The van der Waals surface area contributed by atoms with Crippen molar-refractivity contribution < 1.29 is 9.90 Å². The van der Waals surface area contributed by atoms with Gasteiger partial charge in [-0.3, -0.25) is 0 Å². The Kier molecular flexibility index (Phi) is 5.04. The SMILES string of the molecule is Cc1nc2ccccc2n1CCNC(=O)N(C)CC1CCCC1O. The van der Waals surface area contributed by atoms with Crippen LogP contribution in [-0.4, -0.2) is 51.8 Å². The van der Waals surface area contributed by atoms with Gasteiger partial charge in [0.1, 0.15) is 5.82 Å². The Morgan fingerprint density at radius 1 is 1.42 bits per heavy atom. The minimum Gasteiger partial charge on any atom is -0.393 e. The van der Waals surface area contributed by atoms with Gasteiger partial charge in [-0.15, -0.1) is 0 Å². The van der Waals surface area contributed by atoms with Crippen molar-refractivity contribution in [2.75, 3.05) is 20.1 Å². The van der Waals surface area contributed by atoms with Crippen molar-refractivity contribution in [1.82, 2.24) is 19.8 Å². The van der Waals surface area contributed by atoms with Gasteiger partial charge in [0, 0.05) is 32.6 Å². The molecular weight excluding hydrogens is 304 g/mol. The highest BCUT2D eigenvalue weighted by molar-refractivity contribution is 5.76. The van der Waals surface area contributed by atoms with E-state index in [9.17, 15) is 9.90 Å². The Morgan fingerprint density at radius 2 is 2.21 bits per heavy atom. The standard InChI is InChI=1S/C18H26N4O2/c1-13-20-15-7-3-4-8-16(15)22(13)11-10-19-18(24)21(2)12-14-6-5-9-17(14)23/h3-4,7-8,14,17,23H,5-6,9-12H2,1-2H3,(H,19,24). The van der Waals surface area contributed by atoms with E-state index in [0.717, 1.165) is 36.1 Å². The summed E-state index contributed by atoms with van der Waals surface area (Å²) < 4.78 is 2.12. The number of nitrogens with one attached hydrogen (secondary N) is 1. The van der Waals surface area contributed by atoms with E-state index in [0.29, 0.717) is 19.6 Å². The van der Waals surface area contributed by atoms with E-state index in [4.69, 9.17) is 0 Å². The Balaban J connectivity index is 1.52. The van der Waals surface area contributed by atoms with Crippen molar-refractivity contribution in [2.24, 2.45) is 5.92 Å². The van der Waals surface area contributed by atoms with Crippen LogP contribution in [0.25, 0.3) is 11.0 Å². The molecule has 1 saturated carbocycles. The predicted octanol–water partition coefficient (Wildman–Crippen LogP) is 2.15. The summed E-state index contributed by atoms with van der Waals surface area (Å²) in [6.45, 7) is 3.84. The zero-order chi connectivity index (χ0) is 17.1. The van der Waals surface area contributed by atoms with E-state index in [1.165, 1.54) is 0 Å². The highest BCUT2D eigenvalue weighted by Crippen LogP contribution is 2.25. The number of aryl methyl sites for hydroxylation is 1. The Bertz CT molecular complexity index is 712. The summed E-state index contributed by atoms with van der Waals surface area (Å²) in [5.41, 5.74) is 2.07. The molecule has 1 aliphatic carbocycles. The molecule has 2 atom stereocenters. The molecule has 0 bridgehead atoms. The van der Waals surface area contributed by atoms with Crippen molar-refractivity contribution in [3.05, 3.63) is 30.1 Å². The summed E-state index contributed by atoms with van der Waals surface area (Å²) in [5, 5.41) is 12.8. The maximum Gasteiger partial charge on any atom is 0.317 e. The molecule has 1 aromatic heterocycles. The van der Waals surface area contributed by atoms with Crippen molar-refractivity contribution >= 4 is 17.1 Å². The molecule has 2 amide bonds. The molecule has 0 saturated heterocycles. The number of aromatic nitrogens is 2. The minimum absolute atomic E-state index is 0.0869. The summed E-state index contributed by atoms with van der Waals surface area (Å²) in [4.78, 5) is 18.4. The second-order valence-corrected chi connectivity index (χ2v) is 6.67. The molecule has 1 fully saturated rings. The Morgan fingerprint density at radius 3 is 2.96 bits per heavy atom. The van der Waals surface area contributed by atoms with Crippen LogP contribution in [-0.2, 0) is 6.54 Å². The number of benzene rings is 1. The lowest BCUT2D eigenvalue weighted by Gasteiger charge is -2.23. The maximum atomic E-state index is 12.2. The largest absolute Gasteiger partial charge is 0.393 e. The molecule has 1 heterocycles. The van der Waals surface area contributed by atoms with Crippen LogP contribution in [0.4, 0.5) is 4.79 Å². The van der Waals surface area contributed by atoms with Crippen LogP contribution in [0.5, 0.6) is 0 Å². The number of carbonyl (C=O) groups excluding carboxylic acids is 1. The van der Waals surface area contributed by atoms with Crippen molar-refractivity contribution in [1.29, 1.82) is 0 Å². The van der Waals surface area contributed by atoms with Gasteiger partial charge in [-0.2, -0.15) is 0 Å². The van der Waals surface area contributed by atoms with E-state index in [2.05, 4.69) is 14.9 Å². The number of imidazole rings is 1. The van der Waals surface area contributed by atoms with Gasteiger partial charge in [-0.25, -0.2) is 9.78 Å². The first-order valence-corrected chi connectivity index (χ1v) is 8.65. The fourth-order valence-corrected chi connectivity index (χ4v) is 3.55. The quantitative estimate of drug-likeness (QED) is 0.882. The average Bonchev–Trinajstić information content (AvgIpc) is 3.11. The second-order valence-electron chi connectivity index (χ2n) is 6.67. The number of nitrogens with zero attached hydrogens (tertiary/aromatic N) is 3. The van der Waals surface area contributed by atoms with Gasteiger partial charge in [0.05, 0.1) is 17.1 Å². The molecule has 6 heteroatoms. The predicted molar refractivity (Wildman–Crippen MR) is 93.8 cm³/mol. The topological polar surface area (TPSA) is 70.4 Å². The number of amides is 2. The monoisotopic (exact) mass is 330 g/mol. The Labute approximate surface area is 142 Å². The first kappa shape index (κ1) is 16.8. The van der Waals surface area contributed by atoms with E-state index in [1.807, 2.05) is 31.2 Å². The van der Waals surface area contributed by atoms with Crippen LogP contribution >= 0.6 is 0 Å². The smallest absolute Gasteiger partial charge is 0.317 e. The van der Waals surface area contributed by atoms with Crippen LogP contribution in [0.1, 0.15) is 25.1 Å². The summed E-state index contributed by atoms with van der Waals surface area (Å²) in [6, 6.07) is 7.94. The van der Waals surface area contributed by atoms with Crippen LogP contribution in [0, 0.1) is 12.8 Å². The van der Waals surface area contributed by atoms with E-state index in [1.54, 1.807) is 11.9 Å². The molecule has 2 unspecified atom stereocenters. The zero-order valence-electron chi connectivity index (χ0n) is 14.4. The van der Waals surface area contributed by atoms with Crippen LogP contribution in [0.2, 0.25) is 0 Å². The summed E-state index contributed by atoms with van der Waals surface area (Å²) in [7, 11) is 1.79. The molecule has 6 nitrogen and oxygen atoms in total. The number of aliphatic hydroxyl groups excluding tert-OH is 1. The lowest BCUT2D eigenvalue weighted by Crippen LogP contribution is -2.42. The van der Waals surface area contributed by atoms with Crippen molar-refractivity contribution in [3.8, 4) is 0 Å². The summed E-state index contributed by atoms with van der Waals surface area (Å²) in [5.74, 6) is 1.16. The highest BCUT2D eigenvalue weighted by Gasteiger charge is 2.27. The van der Waals surface area contributed by atoms with Gasteiger partial charge < -0.3 is 19.9 Å². The highest BCUT2D eigenvalue weighted by atomic mass is 16.3. The maximum absolute atomic E-state index is 12.2. The number of hydrogen-bond acceptors (Lipinski definition) is 3. The molecule has 0 spiro atoms. The van der Waals surface area contributed by atoms with E-state index >= 15 is 0 Å². The molecular formula is C18H26N4O2. The third-order valence-corrected chi connectivity index (χ3v) is 4.93. The van der Waals surface area contributed by atoms with Crippen molar-refractivity contribution in [2.45, 2.75) is 38.8 Å². The first-order valence-electron chi connectivity index (χ1n) is 8.65. The molecule has 1 aromatic carbocycles. The summed E-state index contributed by atoms with van der Waals surface area (Å²) >= 11 is 0. The van der Waals surface area contributed by atoms with E-state index < -0.39 is 0 Å². The van der Waals surface area contributed by atoms with Gasteiger partial charge in [0.25, 0.3) is 0 Å². The summed E-state index contributed by atoms with van der Waals surface area (Å²) in [6.07, 6.45) is 2.64. The third kappa shape index (κ3) is 3.53. The van der Waals surface area contributed by atoms with Gasteiger partial charge in [0.2, 0.25) is 0 Å². The molecule has 130 valence electrons. The molecule has 1 aliphatic rings. The number of carbonyl (C=O) groups is 1. The molecule has 2 N–H and O–H groups in total. The van der Waals surface area contributed by atoms with Crippen molar-refractivity contribution in [3.63, 3.8) is 0 Å². The molecule has 3 rings (SSSR count). The van der Waals surface area contributed by atoms with Gasteiger partial charge in [-0.1, -0.05) is 18.6 Å². The normalized spacial score (nSPS) is 20.5. The number of hydrogen-bond donors (Lipinski definition) is 2. The van der Waals surface area contributed by atoms with Crippen LogP contribution in [0.3, 0.4) is 0 Å². The molecule has 24 heavy (non-hydrogen) atoms. The lowest BCUT2D eigenvalue weighted by atomic mass is 10.1. The van der Waals surface area contributed by atoms with Gasteiger partial charge >= 0.3 is 6.03 Å². The first-order chi connectivity index (χ1) is 11.6. The lowest BCUT2D eigenvalue weighted by molar-refractivity contribution is 0.114. The number of aliphatic hydroxyl groups is 1. The number of rotatable bonds is 5. The molecule has 0 aliphatic heterocycles. The zero-order valence-corrected chi connectivity index (χ0v) is 14.4. The van der Waals surface area contributed by atoms with Gasteiger partial charge in [0.15, 0.2) is 0 Å². The van der Waals surface area contributed by atoms with Crippen LogP contribution < -0.4 is 5.32 Å². The molecule has 2 aromatic rings. The van der Waals surface area contributed by atoms with Crippen LogP contribution in [0.15, 0.2) is 24.3 Å². The number of fused-ring (bicyclic) bond motifs is 1. The third-order valence-electron chi connectivity index (χ3n) is 4.93. The fraction of sp³-hybridized carbons (Fsp3) is 0.556. The minimum atomic E-state index is -0.264. The second kappa shape index (κ2) is 7.21. The average molecular weight is 330 g/mol. The Hall–Kier alpha value is -2.08.